The number of guanidine groups is 1. The summed E-state index contributed by atoms with van der Waals surface area (Å²) in [5, 5.41) is 3.38. The summed E-state index contributed by atoms with van der Waals surface area (Å²) < 4.78 is 10.8. The van der Waals surface area contributed by atoms with E-state index in [1.54, 1.807) is 6.26 Å². The zero-order chi connectivity index (χ0) is 15.2. The Kier molecular flexibility index (Phi) is 5.03. The Morgan fingerprint density at radius 1 is 1.27 bits per heavy atom. The first-order valence-corrected chi connectivity index (χ1v) is 7.76. The molecule has 0 radical (unpaired) electrons. The first-order valence-electron chi connectivity index (χ1n) is 7.25. The third-order valence-corrected chi connectivity index (χ3v) is 3.65. The molecule has 1 aromatic heterocycles. The lowest BCUT2D eigenvalue weighted by molar-refractivity contribution is 0.0472. The van der Waals surface area contributed by atoms with Crippen LogP contribution in [-0.4, -0.2) is 36.0 Å². The second-order valence-corrected chi connectivity index (χ2v) is 5.56. The van der Waals surface area contributed by atoms with Gasteiger partial charge in [0.05, 0.1) is 19.4 Å². The molecule has 1 fully saturated rings. The molecule has 1 aliphatic rings. The Labute approximate surface area is 135 Å². The molecule has 5 nitrogen and oxygen atoms in total. The molecule has 2 heterocycles. The van der Waals surface area contributed by atoms with Crippen LogP contribution in [0.2, 0.25) is 0 Å². The van der Waals surface area contributed by atoms with Gasteiger partial charge >= 0.3 is 0 Å². The van der Waals surface area contributed by atoms with Crippen molar-refractivity contribution >= 4 is 24.3 Å². The van der Waals surface area contributed by atoms with Crippen LogP contribution in [0.15, 0.2) is 58.1 Å². The number of benzene rings is 1. The molecular weight excluding hydrogens is 298 g/mol. The molecule has 0 saturated carbocycles. The van der Waals surface area contributed by atoms with Gasteiger partial charge in [-0.2, -0.15) is 0 Å². The Balaban J connectivity index is 1.76. The Bertz CT molecular complexity index is 601. The van der Waals surface area contributed by atoms with Gasteiger partial charge in [-0.25, -0.2) is 4.99 Å². The van der Waals surface area contributed by atoms with Crippen LogP contribution in [0.4, 0.5) is 5.69 Å². The number of aliphatic imine (C=N–C) groups is 1. The van der Waals surface area contributed by atoms with E-state index in [-0.39, 0.29) is 5.44 Å². The van der Waals surface area contributed by atoms with Gasteiger partial charge in [0, 0.05) is 12.2 Å². The third-order valence-electron chi connectivity index (χ3n) is 3.34. The average Bonchev–Trinajstić information content (AvgIpc) is 3.06. The molecule has 1 unspecified atom stereocenters. The van der Waals surface area contributed by atoms with Gasteiger partial charge in [0.25, 0.3) is 0 Å². The van der Waals surface area contributed by atoms with Gasteiger partial charge in [0.15, 0.2) is 5.96 Å². The lowest BCUT2D eigenvalue weighted by Gasteiger charge is -2.33. The molecule has 1 N–H and O–H groups in total. The monoisotopic (exact) mass is 317 g/mol. The van der Waals surface area contributed by atoms with Gasteiger partial charge < -0.3 is 19.4 Å². The maximum Gasteiger partial charge on any atom is 0.199 e. The normalized spacial score (nSPS) is 19.2. The molecule has 116 valence electrons. The lowest BCUT2D eigenvalue weighted by Crippen LogP contribution is -2.46. The van der Waals surface area contributed by atoms with E-state index in [0.29, 0.717) is 19.7 Å². The van der Waals surface area contributed by atoms with Crippen molar-refractivity contribution in [1.82, 2.24) is 4.90 Å². The zero-order valence-corrected chi connectivity index (χ0v) is 13.1. The van der Waals surface area contributed by atoms with Crippen LogP contribution >= 0.6 is 12.6 Å². The van der Waals surface area contributed by atoms with Crippen LogP contribution in [0.25, 0.3) is 0 Å². The second-order valence-electron chi connectivity index (χ2n) is 4.98. The van der Waals surface area contributed by atoms with Crippen molar-refractivity contribution in [3.63, 3.8) is 0 Å². The van der Waals surface area contributed by atoms with Crippen molar-refractivity contribution in [2.75, 3.05) is 25.0 Å². The standard InChI is InChI=1S/C16H19N3O2S/c22-15-12-19(8-10-21-15)16(17-11-14-7-4-9-20-14)18-13-5-2-1-3-6-13/h1-7,9,15,22H,8,10-12H2,(H,17,18). The minimum Gasteiger partial charge on any atom is -0.467 e. The first kappa shape index (κ1) is 15.0. The molecule has 1 aromatic carbocycles. The number of furan rings is 1. The highest BCUT2D eigenvalue weighted by atomic mass is 32.1. The molecule has 0 bridgehead atoms. The van der Waals surface area contributed by atoms with Crippen LogP contribution in [0.1, 0.15) is 5.76 Å². The number of thiol groups is 1. The lowest BCUT2D eigenvalue weighted by atomic mass is 10.3. The van der Waals surface area contributed by atoms with Crippen molar-refractivity contribution in [1.29, 1.82) is 0 Å². The maximum absolute atomic E-state index is 5.48. The van der Waals surface area contributed by atoms with E-state index < -0.39 is 0 Å². The van der Waals surface area contributed by atoms with Crippen molar-refractivity contribution in [3.05, 3.63) is 54.5 Å². The quantitative estimate of drug-likeness (QED) is 0.519. The van der Waals surface area contributed by atoms with Crippen molar-refractivity contribution in [2.45, 2.75) is 12.0 Å². The van der Waals surface area contributed by atoms with E-state index in [9.17, 15) is 0 Å². The highest BCUT2D eigenvalue weighted by molar-refractivity contribution is 7.80. The number of morpholine rings is 1. The molecule has 0 spiro atoms. The molecular formula is C16H19N3O2S. The van der Waals surface area contributed by atoms with Crippen LogP contribution in [0, 0.1) is 0 Å². The van der Waals surface area contributed by atoms with Gasteiger partial charge in [0.1, 0.15) is 17.7 Å². The summed E-state index contributed by atoms with van der Waals surface area (Å²) in [5.41, 5.74) is 0.906. The van der Waals surface area contributed by atoms with Crippen LogP contribution < -0.4 is 5.32 Å². The van der Waals surface area contributed by atoms with E-state index >= 15 is 0 Å². The predicted octanol–water partition coefficient (Wildman–Crippen LogP) is 2.84. The summed E-state index contributed by atoms with van der Waals surface area (Å²) in [5.74, 6) is 1.65. The number of rotatable bonds is 3. The Morgan fingerprint density at radius 3 is 2.86 bits per heavy atom. The predicted molar refractivity (Wildman–Crippen MR) is 90.2 cm³/mol. The molecule has 0 aliphatic carbocycles. The van der Waals surface area contributed by atoms with E-state index in [1.165, 1.54) is 0 Å². The maximum atomic E-state index is 5.48. The largest absolute Gasteiger partial charge is 0.467 e. The summed E-state index contributed by atoms with van der Waals surface area (Å²) in [6, 6.07) is 13.8. The van der Waals surface area contributed by atoms with Crippen molar-refractivity contribution in [3.8, 4) is 0 Å². The van der Waals surface area contributed by atoms with E-state index in [0.717, 1.165) is 24.0 Å². The summed E-state index contributed by atoms with van der Waals surface area (Å²) in [6.45, 7) is 2.62. The molecule has 1 aliphatic heterocycles. The fourth-order valence-corrected chi connectivity index (χ4v) is 2.55. The fraction of sp³-hybridized carbons (Fsp3) is 0.312. The van der Waals surface area contributed by atoms with Gasteiger partial charge in [-0.05, 0) is 24.3 Å². The summed E-state index contributed by atoms with van der Waals surface area (Å²) in [7, 11) is 0. The second kappa shape index (κ2) is 7.38. The van der Waals surface area contributed by atoms with Crippen molar-refractivity contribution < 1.29 is 9.15 Å². The molecule has 3 rings (SSSR count). The molecule has 22 heavy (non-hydrogen) atoms. The first-order chi connectivity index (χ1) is 10.8. The number of para-hydroxylation sites is 1. The van der Waals surface area contributed by atoms with Gasteiger partial charge in [-0.3, -0.25) is 0 Å². The minimum absolute atomic E-state index is 0.0971. The average molecular weight is 317 g/mol. The van der Waals surface area contributed by atoms with E-state index in [2.05, 4.69) is 27.8 Å². The van der Waals surface area contributed by atoms with Crippen LogP contribution in [-0.2, 0) is 11.3 Å². The summed E-state index contributed by atoms with van der Waals surface area (Å²) in [6.07, 6.45) is 1.66. The SMILES string of the molecule is SC1CN(C(=NCc2ccco2)Nc2ccccc2)CCO1. The summed E-state index contributed by atoms with van der Waals surface area (Å²) in [4.78, 5) is 6.82. The van der Waals surface area contributed by atoms with Crippen LogP contribution in [0.3, 0.4) is 0 Å². The number of nitrogens with one attached hydrogen (secondary N) is 1. The topological polar surface area (TPSA) is 50.0 Å². The smallest absolute Gasteiger partial charge is 0.199 e. The van der Waals surface area contributed by atoms with E-state index in [1.807, 2.05) is 42.5 Å². The summed E-state index contributed by atoms with van der Waals surface area (Å²) >= 11 is 4.40. The molecule has 6 heteroatoms. The highest BCUT2D eigenvalue weighted by Crippen LogP contribution is 2.13. The molecule has 1 atom stereocenters. The number of ether oxygens (including phenoxy) is 1. The third kappa shape index (κ3) is 4.05. The van der Waals surface area contributed by atoms with Crippen molar-refractivity contribution in [2.24, 2.45) is 4.99 Å². The van der Waals surface area contributed by atoms with E-state index in [4.69, 9.17) is 9.15 Å². The number of nitrogens with zero attached hydrogens (tertiary/aromatic N) is 2. The van der Waals surface area contributed by atoms with Gasteiger partial charge in [0.2, 0.25) is 0 Å². The molecule has 0 amide bonds. The Hall–Kier alpha value is -1.92. The van der Waals surface area contributed by atoms with Gasteiger partial charge in [-0.15, -0.1) is 12.6 Å². The highest BCUT2D eigenvalue weighted by Gasteiger charge is 2.20. The zero-order valence-electron chi connectivity index (χ0n) is 12.2. The number of hydrogen-bond acceptors (Lipinski definition) is 4. The molecule has 2 aromatic rings. The van der Waals surface area contributed by atoms with Gasteiger partial charge in [-0.1, -0.05) is 18.2 Å². The minimum atomic E-state index is -0.0971. The number of anilines is 1. The Morgan fingerprint density at radius 2 is 2.14 bits per heavy atom. The number of hydrogen-bond donors (Lipinski definition) is 2. The fourth-order valence-electron chi connectivity index (χ4n) is 2.25. The van der Waals surface area contributed by atoms with Crippen LogP contribution in [0.5, 0.6) is 0 Å². The molecule has 1 saturated heterocycles.